The number of fused-ring (bicyclic) bond motifs is 1. The van der Waals surface area contributed by atoms with Gasteiger partial charge in [-0.05, 0) is 53.9 Å². The molecule has 1 aromatic heterocycles. The SMILES string of the molecule is CC(C)c1ccc(-n2nc3ccc(NC(=O)c4ccc(N5CCOCC5)c([N+](=O)[O-])c4)cc3n2)cc1. The highest BCUT2D eigenvalue weighted by Gasteiger charge is 2.23. The van der Waals surface area contributed by atoms with E-state index in [9.17, 15) is 14.9 Å². The molecule has 2 heterocycles. The van der Waals surface area contributed by atoms with Crippen molar-refractivity contribution in [2.24, 2.45) is 0 Å². The van der Waals surface area contributed by atoms with Crippen LogP contribution in [-0.4, -0.2) is 52.1 Å². The molecule has 5 rings (SSSR count). The zero-order chi connectivity index (χ0) is 25.2. The highest BCUT2D eigenvalue weighted by Crippen LogP contribution is 2.30. The predicted molar refractivity (Wildman–Crippen MR) is 137 cm³/mol. The maximum absolute atomic E-state index is 12.9. The van der Waals surface area contributed by atoms with Gasteiger partial charge in [0.15, 0.2) is 0 Å². The molecule has 10 nitrogen and oxygen atoms in total. The summed E-state index contributed by atoms with van der Waals surface area (Å²) in [5.74, 6) is -0.00507. The van der Waals surface area contributed by atoms with E-state index in [4.69, 9.17) is 4.74 Å². The Morgan fingerprint density at radius 3 is 2.42 bits per heavy atom. The first-order valence-corrected chi connectivity index (χ1v) is 11.8. The van der Waals surface area contributed by atoms with Crippen LogP contribution in [0.25, 0.3) is 16.7 Å². The summed E-state index contributed by atoms with van der Waals surface area (Å²) in [5, 5.41) is 23.6. The van der Waals surface area contributed by atoms with Crippen LogP contribution in [0.1, 0.15) is 35.7 Å². The molecule has 184 valence electrons. The standard InChI is InChI=1S/C26H26N6O4/c1-17(2)18-3-7-21(8-4-18)31-28-22-9-6-20(16-23(22)29-31)27-26(33)19-5-10-24(25(15-19)32(34)35)30-11-13-36-14-12-30/h3-10,15-17H,11-14H2,1-2H3,(H,27,33). The Morgan fingerprint density at radius 1 is 1.00 bits per heavy atom. The molecule has 1 aliphatic heterocycles. The first kappa shape index (κ1) is 23.4. The molecule has 0 radical (unpaired) electrons. The van der Waals surface area contributed by atoms with Gasteiger partial charge in [-0.3, -0.25) is 14.9 Å². The molecule has 3 aromatic carbocycles. The lowest BCUT2D eigenvalue weighted by Crippen LogP contribution is -2.36. The van der Waals surface area contributed by atoms with E-state index in [-0.39, 0.29) is 11.3 Å². The van der Waals surface area contributed by atoms with Crippen LogP contribution >= 0.6 is 0 Å². The molecular weight excluding hydrogens is 460 g/mol. The molecule has 1 aliphatic rings. The fraction of sp³-hybridized carbons (Fsp3) is 0.269. The van der Waals surface area contributed by atoms with Gasteiger partial charge in [0, 0.05) is 30.4 Å². The third-order valence-electron chi connectivity index (χ3n) is 6.21. The van der Waals surface area contributed by atoms with Gasteiger partial charge < -0.3 is 15.0 Å². The van der Waals surface area contributed by atoms with Gasteiger partial charge in [0.1, 0.15) is 16.7 Å². The molecular formula is C26H26N6O4. The van der Waals surface area contributed by atoms with Crippen LogP contribution in [0.3, 0.4) is 0 Å². The Bertz CT molecular complexity index is 1420. The molecule has 1 N–H and O–H groups in total. The number of nitrogens with one attached hydrogen (secondary N) is 1. The second-order valence-corrected chi connectivity index (χ2v) is 8.95. The third kappa shape index (κ3) is 4.76. The smallest absolute Gasteiger partial charge is 0.293 e. The van der Waals surface area contributed by atoms with Crippen molar-refractivity contribution in [1.82, 2.24) is 15.0 Å². The van der Waals surface area contributed by atoms with E-state index < -0.39 is 10.8 Å². The number of hydrogen-bond acceptors (Lipinski definition) is 7. The average molecular weight is 487 g/mol. The third-order valence-corrected chi connectivity index (χ3v) is 6.21. The lowest BCUT2D eigenvalue weighted by atomic mass is 10.0. The van der Waals surface area contributed by atoms with Crippen LogP contribution in [-0.2, 0) is 4.74 Å². The summed E-state index contributed by atoms with van der Waals surface area (Å²) >= 11 is 0. The number of rotatable bonds is 6. The molecule has 4 aromatic rings. The van der Waals surface area contributed by atoms with Gasteiger partial charge >= 0.3 is 0 Å². The van der Waals surface area contributed by atoms with Gasteiger partial charge in [0.2, 0.25) is 0 Å². The number of nitro benzene ring substituents is 1. The van der Waals surface area contributed by atoms with Crippen molar-refractivity contribution in [3.05, 3.63) is 81.9 Å². The second-order valence-electron chi connectivity index (χ2n) is 8.95. The minimum absolute atomic E-state index is 0.105. The lowest BCUT2D eigenvalue weighted by Gasteiger charge is -2.28. The fourth-order valence-electron chi connectivity index (χ4n) is 4.19. The Balaban J connectivity index is 1.36. The average Bonchev–Trinajstić information content (AvgIpc) is 3.32. The maximum atomic E-state index is 12.9. The number of nitro groups is 1. The summed E-state index contributed by atoms with van der Waals surface area (Å²) in [5.41, 5.74) is 4.49. The predicted octanol–water partition coefficient (Wildman–Crippen LogP) is 4.54. The first-order valence-electron chi connectivity index (χ1n) is 11.8. The highest BCUT2D eigenvalue weighted by molar-refractivity contribution is 6.05. The monoisotopic (exact) mass is 486 g/mol. The number of amides is 1. The number of ether oxygens (including phenoxy) is 1. The van der Waals surface area contributed by atoms with Crippen LogP contribution in [0.2, 0.25) is 0 Å². The molecule has 1 amide bonds. The van der Waals surface area contributed by atoms with E-state index in [1.807, 2.05) is 17.0 Å². The van der Waals surface area contributed by atoms with Crippen molar-refractivity contribution in [3.8, 4) is 5.69 Å². The van der Waals surface area contributed by atoms with Crippen LogP contribution in [0.5, 0.6) is 0 Å². The quantitative estimate of drug-likeness (QED) is 0.314. The van der Waals surface area contributed by atoms with Gasteiger partial charge in [0.05, 0.1) is 23.8 Å². The normalized spacial score (nSPS) is 13.8. The van der Waals surface area contributed by atoms with Crippen LogP contribution < -0.4 is 10.2 Å². The van der Waals surface area contributed by atoms with E-state index in [0.717, 1.165) is 5.69 Å². The fourth-order valence-corrected chi connectivity index (χ4v) is 4.19. The second kappa shape index (κ2) is 9.74. The molecule has 10 heteroatoms. The van der Waals surface area contributed by atoms with Crippen LogP contribution in [0.4, 0.5) is 17.1 Å². The number of carbonyl (C=O) groups is 1. The van der Waals surface area contributed by atoms with Gasteiger partial charge in [-0.15, -0.1) is 10.2 Å². The Labute approximate surface area is 207 Å². The van der Waals surface area contributed by atoms with Gasteiger partial charge in [-0.2, -0.15) is 4.80 Å². The number of benzene rings is 3. The topological polar surface area (TPSA) is 115 Å². The highest BCUT2D eigenvalue weighted by atomic mass is 16.6. The van der Waals surface area contributed by atoms with E-state index in [1.165, 1.54) is 11.6 Å². The van der Waals surface area contributed by atoms with E-state index in [1.54, 1.807) is 35.1 Å². The van der Waals surface area contributed by atoms with Crippen molar-refractivity contribution in [2.75, 3.05) is 36.5 Å². The number of nitrogens with zero attached hydrogens (tertiary/aromatic N) is 5. The number of aromatic nitrogens is 3. The van der Waals surface area contributed by atoms with Crippen LogP contribution in [0, 0.1) is 10.1 Å². The maximum Gasteiger partial charge on any atom is 0.293 e. The van der Waals surface area contributed by atoms with Crippen LogP contribution in [0.15, 0.2) is 60.7 Å². The molecule has 36 heavy (non-hydrogen) atoms. The van der Waals surface area contributed by atoms with E-state index in [2.05, 4.69) is 41.5 Å². The van der Waals surface area contributed by atoms with Crippen molar-refractivity contribution in [2.45, 2.75) is 19.8 Å². The summed E-state index contributed by atoms with van der Waals surface area (Å²) in [6, 6.07) is 17.9. The molecule has 0 unspecified atom stereocenters. The first-order chi connectivity index (χ1) is 17.4. The van der Waals surface area contributed by atoms with Crippen molar-refractivity contribution < 1.29 is 14.5 Å². The zero-order valence-electron chi connectivity index (χ0n) is 20.0. The molecule has 0 aliphatic carbocycles. The Hall–Kier alpha value is -4.31. The van der Waals surface area contributed by atoms with Crippen molar-refractivity contribution in [1.29, 1.82) is 0 Å². The number of carbonyl (C=O) groups excluding carboxylic acids is 1. The Kier molecular flexibility index (Phi) is 6.34. The summed E-state index contributed by atoms with van der Waals surface area (Å²) in [6.07, 6.45) is 0. The largest absolute Gasteiger partial charge is 0.378 e. The number of morpholine rings is 1. The molecule has 0 spiro atoms. The van der Waals surface area contributed by atoms with Crippen molar-refractivity contribution >= 4 is 34.0 Å². The summed E-state index contributed by atoms with van der Waals surface area (Å²) in [4.78, 5) is 27.6. The Morgan fingerprint density at radius 2 is 1.72 bits per heavy atom. The minimum atomic E-state index is -0.459. The summed E-state index contributed by atoms with van der Waals surface area (Å²) < 4.78 is 5.33. The molecule has 1 saturated heterocycles. The number of hydrogen-bond donors (Lipinski definition) is 1. The molecule has 0 atom stereocenters. The number of anilines is 2. The van der Waals surface area contributed by atoms with Gasteiger partial charge in [0.25, 0.3) is 11.6 Å². The summed E-state index contributed by atoms with van der Waals surface area (Å²) in [6.45, 7) is 6.43. The molecule has 1 fully saturated rings. The zero-order valence-corrected chi connectivity index (χ0v) is 20.0. The molecule has 0 bridgehead atoms. The summed E-state index contributed by atoms with van der Waals surface area (Å²) in [7, 11) is 0. The van der Waals surface area contributed by atoms with Gasteiger partial charge in [-0.25, -0.2) is 0 Å². The van der Waals surface area contributed by atoms with Crippen molar-refractivity contribution in [3.63, 3.8) is 0 Å². The lowest BCUT2D eigenvalue weighted by molar-refractivity contribution is -0.384. The molecule has 0 saturated carbocycles. The minimum Gasteiger partial charge on any atom is -0.378 e. The van der Waals surface area contributed by atoms with E-state index in [0.29, 0.717) is 54.6 Å². The van der Waals surface area contributed by atoms with Gasteiger partial charge in [-0.1, -0.05) is 26.0 Å². The van der Waals surface area contributed by atoms with E-state index >= 15 is 0 Å².